The van der Waals surface area contributed by atoms with Crippen molar-refractivity contribution < 1.29 is 14.6 Å². The van der Waals surface area contributed by atoms with Crippen molar-refractivity contribution in [2.24, 2.45) is 0 Å². The van der Waals surface area contributed by atoms with Gasteiger partial charge in [0, 0.05) is 17.7 Å². The Morgan fingerprint density at radius 3 is 2.45 bits per heavy atom. The molecule has 1 aromatic carbocycles. The predicted molar refractivity (Wildman–Crippen MR) is 123 cm³/mol. The summed E-state index contributed by atoms with van der Waals surface area (Å²) in [4.78, 5) is 10.5. The number of carbonyl (C=O) groups excluding carboxylic acids is 1. The number of ether oxygens (including phenoxy) is 1. The molecule has 3 atom stereocenters. The average molecular weight is 423 g/mol. The topological polar surface area (TPSA) is 46.5 Å². The molecule has 1 aromatic rings. The highest BCUT2D eigenvalue weighted by molar-refractivity contribution is 6.20. The van der Waals surface area contributed by atoms with Gasteiger partial charge in [-0.2, -0.15) is 0 Å². The molecule has 0 bridgehead atoms. The van der Waals surface area contributed by atoms with Crippen LogP contribution in [0.4, 0.5) is 0 Å². The van der Waals surface area contributed by atoms with Gasteiger partial charge < -0.3 is 9.84 Å². The first-order valence-electron chi connectivity index (χ1n) is 11.1. The quantitative estimate of drug-likeness (QED) is 0.201. The molecule has 0 aromatic heterocycles. The van der Waals surface area contributed by atoms with Gasteiger partial charge in [0.2, 0.25) is 0 Å². The maximum Gasteiger partial charge on any atom is 0.305 e. The number of alkyl halides is 1. The third kappa shape index (κ3) is 10.9. The minimum absolute atomic E-state index is 0.121. The van der Waals surface area contributed by atoms with E-state index in [1.54, 1.807) is 0 Å². The molecule has 0 aliphatic heterocycles. The van der Waals surface area contributed by atoms with Crippen LogP contribution in [0.1, 0.15) is 88.7 Å². The Kier molecular flexibility index (Phi) is 13.8. The molecule has 0 saturated heterocycles. The molecule has 0 radical (unpaired) electrons. The van der Waals surface area contributed by atoms with E-state index in [9.17, 15) is 9.90 Å². The first-order chi connectivity index (χ1) is 14.0. The number of aliphatic hydroxyl groups excluding tert-OH is 1. The molecule has 164 valence electrons. The molecule has 29 heavy (non-hydrogen) atoms. The molecule has 0 amide bonds. The fourth-order valence-corrected chi connectivity index (χ4v) is 4.01. The van der Waals surface area contributed by atoms with Crippen molar-refractivity contribution in [3.8, 4) is 0 Å². The zero-order valence-corrected chi connectivity index (χ0v) is 19.2. The lowest BCUT2D eigenvalue weighted by Crippen LogP contribution is -2.10. The summed E-state index contributed by atoms with van der Waals surface area (Å²) in [6.45, 7) is 4.21. The van der Waals surface area contributed by atoms with Crippen LogP contribution in [0, 0.1) is 0 Å². The molecule has 4 heteroatoms. The number of allylic oxidation sites excluding steroid dienone is 2. The zero-order chi connectivity index (χ0) is 21.5. The largest absolute Gasteiger partial charge is 0.469 e. The van der Waals surface area contributed by atoms with Crippen LogP contribution < -0.4 is 0 Å². The SMILES string of the molecule is C/C=C\CCCC(=O)OC.CCCCCCc1ccc(C2CC(Cl)CC2O)cc1. The van der Waals surface area contributed by atoms with Crippen molar-refractivity contribution >= 4 is 17.6 Å². The summed E-state index contributed by atoms with van der Waals surface area (Å²) in [5, 5.41) is 10.1. The van der Waals surface area contributed by atoms with E-state index in [4.69, 9.17) is 11.6 Å². The minimum Gasteiger partial charge on any atom is -0.469 e. The Labute approximate surface area is 182 Å². The van der Waals surface area contributed by atoms with Crippen LogP contribution in [0.15, 0.2) is 36.4 Å². The molecule has 0 spiro atoms. The average Bonchev–Trinajstić information content (AvgIpc) is 3.07. The van der Waals surface area contributed by atoms with E-state index < -0.39 is 0 Å². The Morgan fingerprint density at radius 1 is 1.17 bits per heavy atom. The molecule has 1 fully saturated rings. The second kappa shape index (κ2) is 15.5. The monoisotopic (exact) mass is 422 g/mol. The number of rotatable bonds is 10. The number of halogens is 1. The van der Waals surface area contributed by atoms with Gasteiger partial charge in [-0.15, -0.1) is 11.6 Å². The molecule has 3 unspecified atom stereocenters. The van der Waals surface area contributed by atoms with Crippen LogP contribution in [0.2, 0.25) is 0 Å². The van der Waals surface area contributed by atoms with Crippen molar-refractivity contribution in [3.05, 3.63) is 47.5 Å². The fraction of sp³-hybridized carbons (Fsp3) is 0.640. The van der Waals surface area contributed by atoms with Gasteiger partial charge in [0.25, 0.3) is 0 Å². The Balaban J connectivity index is 0.000000359. The van der Waals surface area contributed by atoms with Gasteiger partial charge in [0.05, 0.1) is 13.2 Å². The number of aliphatic hydroxyl groups is 1. The number of methoxy groups -OCH3 is 1. The number of carbonyl (C=O) groups is 1. The van der Waals surface area contributed by atoms with E-state index in [-0.39, 0.29) is 23.4 Å². The van der Waals surface area contributed by atoms with Gasteiger partial charge >= 0.3 is 5.97 Å². The Bertz CT molecular complexity index is 582. The number of unbranched alkanes of at least 4 members (excludes halogenated alkanes) is 4. The molecular formula is C25H39ClO3. The van der Waals surface area contributed by atoms with E-state index in [2.05, 4.69) is 35.9 Å². The normalized spacial score (nSPS) is 21.1. The molecule has 0 heterocycles. The summed E-state index contributed by atoms with van der Waals surface area (Å²) in [5.74, 6) is 0.112. The lowest BCUT2D eigenvalue weighted by atomic mass is 9.94. The van der Waals surface area contributed by atoms with Gasteiger partial charge in [-0.1, -0.05) is 62.6 Å². The van der Waals surface area contributed by atoms with Crippen LogP contribution in [-0.2, 0) is 16.0 Å². The smallest absolute Gasteiger partial charge is 0.305 e. The molecule has 1 saturated carbocycles. The highest BCUT2D eigenvalue weighted by Gasteiger charge is 2.32. The maximum absolute atomic E-state index is 10.5. The number of hydrogen-bond donors (Lipinski definition) is 1. The van der Waals surface area contributed by atoms with Gasteiger partial charge in [-0.05, 0) is 56.6 Å². The molecule has 3 nitrogen and oxygen atoms in total. The predicted octanol–water partition coefficient (Wildman–Crippen LogP) is 6.56. The molecule has 1 aliphatic rings. The van der Waals surface area contributed by atoms with Crippen LogP contribution in [0.25, 0.3) is 0 Å². The van der Waals surface area contributed by atoms with E-state index in [1.165, 1.54) is 50.3 Å². The summed E-state index contributed by atoms with van der Waals surface area (Å²) in [5.41, 5.74) is 2.66. The van der Waals surface area contributed by atoms with Crippen molar-refractivity contribution in [3.63, 3.8) is 0 Å². The second-order valence-electron chi connectivity index (χ2n) is 7.83. The minimum atomic E-state index is -0.266. The van der Waals surface area contributed by atoms with Gasteiger partial charge in [-0.3, -0.25) is 4.79 Å². The van der Waals surface area contributed by atoms with Crippen LogP contribution >= 0.6 is 11.6 Å². The van der Waals surface area contributed by atoms with Crippen molar-refractivity contribution in [1.82, 2.24) is 0 Å². The zero-order valence-electron chi connectivity index (χ0n) is 18.4. The third-order valence-corrected chi connectivity index (χ3v) is 5.77. The van der Waals surface area contributed by atoms with Crippen molar-refractivity contribution in [2.45, 2.75) is 95.5 Å². The molecular weight excluding hydrogens is 384 g/mol. The summed E-state index contributed by atoms with van der Waals surface area (Å²) < 4.78 is 4.47. The van der Waals surface area contributed by atoms with E-state index >= 15 is 0 Å². The molecule has 1 N–H and O–H groups in total. The summed E-state index contributed by atoms with van der Waals surface area (Å²) in [7, 11) is 1.41. The van der Waals surface area contributed by atoms with Gasteiger partial charge in [0.15, 0.2) is 0 Å². The third-order valence-electron chi connectivity index (χ3n) is 5.41. The van der Waals surface area contributed by atoms with E-state index in [0.29, 0.717) is 6.42 Å². The first kappa shape index (κ1) is 25.7. The van der Waals surface area contributed by atoms with Gasteiger partial charge in [-0.25, -0.2) is 0 Å². The lowest BCUT2D eigenvalue weighted by molar-refractivity contribution is -0.140. The number of benzene rings is 1. The van der Waals surface area contributed by atoms with E-state index in [1.807, 2.05) is 19.1 Å². The van der Waals surface area contributed by atoms with Crippen molar-refractivity contribution in [2.75, 3.05) is 7.11 Å². The maximum atomic E-state index is 10.5. The highest BCUT2D eigenvalue weighted by atomic mass is 35.5. The van der Waals surface area contributed by atoms with Crippen molar-refractivity contribution in [1.29, 1.82) is 0 Å². The summed E-state index contributed by atoms with van der Waals surface area (Å²) in [6.07, 6.45) is 14.2. The lowest BCUT2D eigenvalue weighted by Gasteiger charge is -2.15. The summed E-state index contributed by atoms with van der Waals surface area (Å²) in [6, 6.07) is 8.79. The fourth-order valence-electron chi connectivity index (χ4n) is 3.63. The highest BCUT2D eigenvalue weighted by Crippen LogP contribution is 2.37. The molecule has 2 rings (SSSR count). The van der Waals surface area contributed by atoms with Gasteiger partial charge in [0.1, 0.15) is 0 Å². The number of aryl methyl sites for hydroxylation is 1. The van der Waals surface area contributed by atoms with Crippen LogP contribution in [-0.4, -0.2) is 29.7 Å². The Morgan fingerprint density at radius 2 is 1.90 bits per heavy atom. The number of esters is 1. The van der Waals surface area contributed by atoms with Crippen LogP contribution in [0.3, 0.4) is 0 Å². The second-order valence-corrected chi connectivity index (χ2v) is 8.45. The first-order valence-corrected chi connectivity index (χ1v) is 11.5. The standard InChI is InChI=1S/C17H25ClO.C8H14O2/c1-2-3-4-5-6-13-7-9-14(10-8-13)16-11-15(18)12-17(16)19;1-3-4-5-6-7-8(9)10-2/h7-10,15-17,19H,2-6,11-12H2,1H3;3-4H,5-7H2,1-2H3/b;4-3-. The Hall–Kier alpha value is -1.32. The number of hydrogen-bond acceptors (Lipinski definition) is 3. The summed E-state index contributed by atoms with van der Waals surface area (Å²) >= 11 is 6.12. The molecule has 1 aliphatic carbocycles. The van der Waals surface area contributed by atoms with E-state index in [0.717, 1.165) is 25.7 Å². The van der Waals surface area contributed by atoms with Crippen LogP contribution in [0.5, 0.6) is 0 Å².